The van der Waals surface area contributed by atoms with Crippen molar-refractivity contribution in [3.8, 4) is 5.75 Å². The van der Waals surface area contributed by atoms with Crippen LogP contribution < -0.4 is 4.74 Å². The molecule has 0 aliphatic carbocycles. The predicted octanol–water partition coefficient (Wildman–Crippen LogP) is 5.31. The Balaban J connectivity index is 1.35. The first-order chi connectivity index (χ1) is 14.1. The monoisotopic (exact) mass is 387 g/mol. The van der Waals surface area contributed by atoms with Crippen molar-refractivity contribution in [2.75, 3.05) is 13.1 Å². The minimum absolute atomic E-state index is 0.370. The van der Waals surface area contributed by atoms with Crippen LogP contribution in [0.4, 0.5) is 0 Å². The zero-order chi connectivity index (χ0) is 20.1. The van der Waals surface area contributed by atoms with Crippen molar-refractivity contribution in [1.29, 1.82) is 0 Å². The molecule has 1 unspecified atom stereocenters. The lowest BCUT2D eigenvalue weighted by atomic mass is 9.83. The summed E-state index contributed by atoms with van der Waals surface area (Å²) in [6.45, 7) is 4.58. The number of piperidine rings is 1. The fraction of sp³-hybridized carbons (Fsp3) is 0.308. The van der Waals surface area contributed by atoms with Crippen LogP contribution in [0.2, 0.25) is 0 Å². The van der Waals surface area contributed by atoms with Gasteiger partial charge in [-0.25, -0.2) is 0 Å². The van der Waals surface area contributed by atoms with E-state index in [2.05, 4.69) is 54.3 Å². The van der Waals surface area contributed by atoms with Gasteiger partial charge < -0.3 is 9.84 Å². The maximum Gasteiger partial charge on any atom is 0.119 e. The van der Waals surface area contributed by atoms with Crippen molar-refractivity contribution in [1.82, 2.24) is 4.90 Å². The predicted molar refractivity (Wildman–Crippen MR) is 117 cm³/mol. The molecular weight excluding hydrogens is 358 g/mol. The van der Waals surface area contributed by atoms with E-state index in [-0.39, 0.29) is 0 Å². The first-order valence-electron chi connectivity index (χ1n) is 10.4. The van der Waals surface area contributed by atoms with Gasteiger partial charge in [0.1, 0.15) is 12.4 Å². The Morgan fingerprint density at radius 1 is 0.862 bits per heavy atom. The van der Waals surface area contributed by atoms with Gasteiger partial charge in [0.05, 0.1) is 5.60 Å². The molecule has 1 aliphatic heterocycles. The molecule has 0 spiro atoms. The number of ether oxygens (including phenoxy) is 1. The van der Waals surface area contributed by atoms with E-state index in [9.17, 15) is 5.11 Å². The average Bonchev–Trinajstić information content (AvgIpc) is 2.79. The normalized spacial score (nSPS) is 17.6. The highest BCUT2D eigenvalue weighted by atomic mass is 16.5. The van der Waals surface area contributed by atoms with E-state index in [4.69, 9.17) is 4.74 Å². The highest BCUT2D eigenvalue weighted by molar-refractivity contribution is 5.32. The van der Waals surface area contributed by atoms with Gasteiger partial charge in [0, 0.05) is 19.1 Å². The highest BCUT2D eigenvalue weighted by Gasteiger charge is 2.35. The van der Waals surface area contributed by atoms with Gasteiger partial charge in [0.2, 0.25) is 0 Å². The number of hydrogen-bond acceptors (Lipinski definition) is 3. The van der Waals surface area contributed by atoms with E-state index >= 15 is 0 Å². The van der Waals surface area contributed by atoms with Crippen LogP contribution >= 0.6 is 0 Å². The quantitative estimate of drug-likeness (QED) is 0.622. The Labute approximate surface area is 173 Å². The fourth-order valence-corrected chi connectivity index (χ4v) is 4.11. The molecular formula is C26H29NO2. The number of likely N-dealkylation sites (tertiary alicyclic amines) is 1. The minimum atomic E-state index is -0.759. The Morgan fingerprint density at radius 3 is 2.07 bits per heavy atom. The van der Waals surface area contributed by atoms with Gasteiger partial charge >= 0.3 is 0 Å². The van der Waals surface area contributed by atoms with Crippen LogP contribution in [0.25, 0.3) is 0 Å². The van der Waals surface area contributed by atoms with Gasteiger partial charge in [-0.1, -0.05) is 72.8 Å². The number of hydrogen-bond donors (Lipinski definition) is 1. The van der Waals surface area contributed by atoms with E-state index in [1.165, 1.54) is 5.56 Å². The lowest BCUT2D eigenvalue weighted by Gasteiger charge is -2.41. The summed E-state index contributed by atoms with van der Waals surface area (Å²) in [7, 11) is 0. The number of nitrogens with zero attached hydrogens (tertiary/aromatic N) is 1. The van der Waals surface area contributed by atoms with E-state index in [1.54, 1.807) is 0 Å². The van der Waals surface area contributed by atoms with Crippen molar-refractivity contribution in [2.24, 2.45) is 0 Å². The molecule has 0 radical (unpaired) electrons. The molecule has 1 heterocycles. The maximum atomic E-state index is 11.2. The number of benzene rings is 3. The standard InChI is InChI=1S/C26H29NO2/c1-21(23-10-6-3-7-11-23)27-18-16-26(28,17-19-27)24-12-14-25(15-13-24)29-20-22-8-4-2-5-9-22/h2-15,21,28H,16-20H2,1H3. The SMILES string of the molecule is CC(c1ccccc1)N1CCC(O)(c2ccc(OCc3ccccc3)cc2)CC1. The largest absolute Gasteiger partial charge is 0.489 e. The van der Waals surface area contributed by atoms with Crippen LogP contribution in [0.5, 0.6) is 5.75 Å². The van der Waals surface area contributed by atoms with E-state index < -0.39 is 5.60 Å². The van der Waals surface area contributed by atoms with E-state index in [0.29, 0.717) is 12.6 Å². The van der Waals surface area contributed by atoms with Gasteiger partial charge in [-0.2, -0.15) is 0 Å². The van der Waals surface area contributed by atoms with Crippen LogP contribution in [0.15, 0.2) is 84.9 Å². The Bertz CT molecular complexity index is 885. The molecule has 3 heteroatoms. The van der Waals surface area contributed by atoms with Crippen molar-refractivity contribution >= 4 is 0 Å². The lowest BCUT2D eigenvalue weighted by molar-refractivity contribution is -0.0344. The molecule has 0 aromatic heterocycles. The molecule has 1 N–H and O–H groups in total. The molecule has 3 aromatic rings. The summed E-state index contributed by atoms with van der Waals surface area (Å²) in [5, 5.41) is 11.2. The molecule has 0 saturated carbocycles. The summed E-state index contributed by atoms with van der Waals surface area (Å²) in [5.74, 6) is 0.830. The first kappa shape index (κ1) is 19.7. The van der Waals surface area contributed by atoms with Gasteiger partial charge in [-0.05, 0) is 48.6 Å². The average molecular weight is 388 g/mol. The van der Waals surface area contributed by atoms with Gasteiger partial charge in [-0.15, -0.1) is 0 Å². The molecule has 3 nitrogen and oxygen atoms in total. The lowest BCUT2D eigenvalue weighted by Crippen LogP contribution is -2.43. The molecule has 0 amide bonds. The van der Waals surface area contributed by atoms with Crippen LogP contribution in [-0.4, -0.2) is 23.1 Å². The molecule has 0 bridgehead atoms. The van der Waals surface area contributed by atoms with Crippen LogP contribution in [0, 0.1) is 0 Å². The van der Waals surface area contributed by atoms with E-state index in [0.717, 1.165) is 42.8 Å². The summed E-state index contributed by atoms with van der Waals surface area (Å²) in [5.41, 5.74) is 2.70. The first-order valence-corrected chi connectivity index (χ1v) is 10.4. The minimum Gasteiger partial charge on any atom is -0.489 e. The summed E-state index contributed by atoms with van der Waals surface area (Å²) in [4.78, 5) is 2.46. The second-order valence-electron chi connectivity index (χ2n) is 7.95. The van der Waals surface area contributed by atoms with Crippen molar-refractivity contribution in [2.45, 2.75) is 38.0 Å². The van der Waals surface area contributed by atoms with E-state index in [1.807, 2.05) is 42.5 Å². The van der Waals surface area contributed by atoms with Crippen LogP contribution in [-0.2, 0) is 12.2 Å². The molecule has 150 valence electrons. The zero-order valence-electron chi connectivity index (χ0n) is 17.0. The topological polar surface area (TPSA) is 32.7 Å². The van der Waals surface area contributed by atoms with Gasteiger partial charge in [0.15, 0.2) is 0 Å². The second kappa shape index (κ2) is 8.81. The molecule has 1 saturated heterocycles. The summed E-state index contributed by atoms with van der Waals surface area (Å²) in [6, 6.07) is 29.1. The summed E-state index contributed by atoms with van der Waals surface area (Å²) < 4.78 is 5.87. The molecule has 3 aromatic carbocycles. The van der Waals surface area contributed by atoms with Crippen LogP contribution in [0.1, 0.15) is 42.5 Å². The van der Waals surface area contributed by atoms with Crippen LogP contribution in [0.3, 0.4) is 0 Å². The Morgan fingerprint density at radius 2 is 1.45 bits per heavy atom. The Kier molecular flexibility index (Phi) is 5.98. The zero-order valence-corrected chi connectivity index (χ0v) is 17.0. The fourth-order valence-electron chi connectivity index (χ4n) is 4.11. The smallest absolute Gasteiger partial charge is 0.119 e. The summed E-state index contributed by atoms with van der Waals surface area (Å²) in [6.07, 6.45) is 1.49. The molecule has 4 rings (SSSR count). The number of aliphatic hydroxyl groups is 1. The Hall–Kier alpha value is -2.62. The third-order valence-corrected chi connectivity index (χ3v) is 6.09. The molecule has 1 atom stereocenters. The second-order valence-corrected chi connectivity index (χ2v) is 7.95. The third kappa shape index (κ3) is 4.69. The van der Waals surface area contributed by atoms with Gasteiger partial charge in [0.25, 0.3) is 0 Å². The summed E-state index contributed by atoms with van der Waals surface area (Å²) >= 11 is 0. The number of rotatable bonds is 6. The molecule has 1 aliphatic rings. The van der Waals surface area contributed by atoms with Crippen molar-refractivity contribution in [3.63, 3.8) is 0 Å². The third-order valence-electron chi connectivity index (χ3n) is 6.09. The maximum absolute atomic E-state index is 11.2. The van der Waals surface area contributed by atoms with Gasteiger partial charge in [-0.3, -0.25) is 4.90 Å². The highest BCUT2D eigenvalue weighted by Crippen LogP contribution is 2.36. The van der Waals surface area contributed by atoms with Crippen molar-refractivity contribution < 1.29 is 9.84 Å². The molecule has 1 fully saturated rings. The van der Waals surface area contributed by atoms with Crippen molar-refractivity contribution in [3.05, 3.63) is 102 Å². The molecule has 29 heavy (non-hydrogen) atoms.